The van der Waals surface area contributed by atoms with Gasteiger partial charge in [-0.25, -0.2) is 0 Å². The second kappa shape index (κ2) is 15.1. The normalized spacial score (nSPS) is 10.9. The fourth-order valence-corrected chi connectivity index (χ4v) is 3.01. The minimum atomic E-state index is -0.283. The maximum atomic E-state index is 12.1. The van der Waals surface area contributed by atoms with Crippen molar-refractivity contribution in [2.24, 2.45) is 5.92 Å². The van der Waals surface area contributed by atoms with Gasteiger partial charge in [0.2, 0.25) is 0 Å². The summed E-state index contributed by atoms with van der Waals surface area (Å²) >= 11 is 0. The largest absolute Gasteiger partial charge is 0.423 e. The molecule has 28 heavy (non-hydrogen) atoms. The lowest BCUT2D eigenvalue weighted by Crippen LogP contribution is -2.12. The predicted molar refractivity (Wildman–Crippen MR) is 114 cm³/mol. The Morgan fingerprint density at radius 1 is 0.750 bits per heavy atom. The lowest BCUT2D eigenvalue weighted by atomic mass is 10.0. The van der Waals surface area contributed by atoms with E-state index in [1.165, 1.54) is 25.7 Å². The zero-order valence-corrected chi connectivity index (χ0v) is 18.0. The molecule has 1 aromatic rings. The summed E-state index contributed by atoms with van der Waals surface area (Å²) < 4.78 is 10.8. The van der Waals surface area contributed by atoms with Crippen molar-refractivity contribution in [3.05, 3.63) is 24.3 Å². The molecular weight excluding hydrogens is 352 g/mol. The van der Waals surface area contributed by atoms with Gasteiger partial charge < -0.3 is 9.47 Å². The zero-order chi connectivity index (χ0) is 20.6. The van der Waals surface area contributed by atoms with Crippen LogP contribution in [0, 0.1) is 5.92 Å². The summed E-state index contributed by atoms with van der Waals surface area (Å²) in [5.74, 6) is 0.879. The molecule has 0 aromatic heterocycles. The van der Waals surface area contributed by atoms with Gasteiger partial charge in [-0.05, 0) is 30.9 Å². The molecule has 0 aliphatic rings. The van der Waals surface area contributed by atoms with Crippen molar-refractivity contribution >= 4 is 11.9 Å². The minimum absolute atomic E-state index is 0.269. The highest BCUT2D eigenvalue weighted by atomic mass is 16.6. The number of rotatable bonds is 15. The average molecular weight is 391 g/mol. The first-order chi connectivity index (χ1) is 13.5. The standard InChI is InChI=1S/C24H38O4/c1-4-5-10-18-23(25)27-21-16-13-14-17-22(21)28-24(26)19-12-9-7-6-8-11-15-20(2)3/h13-14,16-17,20H,4-12,15,18-19H2,1-3H3. The van der Waals surface area contributed by atoms with Crippen molar-refractivity contribution in [2.45, 2.75) is 97.8 Å². The number of benzene rings is 1. The van der Waals surface area contributed by atoms with Gasteiger partial charge in [-0.15, -0.1) is 0 Å². The first-order valence-electron chi connectivity index (χ1n) is 11.0. The smallest absolute Gasteiger partial charge is 0.311 e. The Bertz CT molecular complexity index is 565. The molecule has 0 unspecified atom stereocenters. The lowest BCUT2D eigenvalue weighted by molar-refractivity contribution is -0.137. The van der Waals surface area contributed by atoms with Gasteiger partial charge in [0.25, 0.3) is 0 Å². The number of hydrogen-bond donors (Lipinski definition) is 0. The van der Waals surface area contributed by atoms with E-state index >= 15 is 0 Å². The molecule has 1 aromatic carbocycles. The molecule has 0 heterocycles. The molecule has 0 aliphatic carbocycles. The first kappa shape index (κ1) is 24.2. The van der Waals surface area contributed by atoms with Gasteiger partial charge >= 0.3 is 11.9 Å². The number of hydrogen-bond acceptors (Lipinski definition) is 4. The maximum Gasteiger partial charge on any atom is 0.311 e. The fraction of sp³-hybridized carbons (Fsp3) is 0.667. The fourth-order valence-electron chi connectivity index (χ4n) is 3.01. The van der Waals surface area contributed by atoms with Crippen LogP contribution in [-0.4, -0.2) is 11.9 Å². The van der Waals surface area contributed by atoms with E-state index in [9.17, 15) is 9.59 Å². The highest BCUT2D eigenvalue weighted by Gasteiger charge is 2.13. The molecule has 0 atom stereocenters. The van der Waals surface area contributed by atoms with Crippen molar-refractivity contribution in [3.63, 3.8) is 0 Å². The summed E-state index contributed by atoms with van der Waals surface area (Å²) in [6.07, 6.45) is 11.8. The molecule has 0 N–H and O–H groups in total. The van der Waals surface area contributed by atoms with Gasteiger partial charge in [-0.2, -0.15) is 0 Å². The van der Waals surface area contributed by atoms with Crippen molar-refractivity contribution in [3.8, 4) is 11.5 Å². The van der Waals surface area contributed by atoms with E-state index in [0.29, 0.717) is 24.3 Å². The van der Waals surface area contributed by atoms with Crippen molar-refractivity contribution in [1.82, 2.24) is 0 Å². The topological polar surface area (TPSA) is 52.6 Å². The van der Waals surface area contributed by atoms with E-state index in [2.05, 4.69) is 20.8 Å². The van der Waals surface area contributed by atoms with E-state index in [4.69, 9.17) is 9.47 Å². The van der Waals surface area contributed by atoms with Gasteiger partial charge in [-0.3, -0.25) is 9.59 Å². The van der Waals surface area contributed by atoms with Gasteiger partial charge in [-0.1, -0.05) is 84.3 Å². The van der Waals surface area contributed by atoms with E-state index in [-0.39, 0.29) is 11.9 Å². The quantitative estimate of drug-likeness (QED) is 0.187. The Hall–Kier alpha value is -1.84. The van der Waals surface area contributed by atoms with E-state index in [0.717, 1.165) is 44.4 Å². The lowest BCUT2D eigenvalue weighted by Gasteiger charge is -2.10. The molecule has 0 aliphatic heterocycles. The van der Waals surface area contributed by atoms with Crippen LogP contribution in [0.5, 0.6) is 11.5 Å². The molecule has 4 heteroatoms. The molecule has 0 spiro atoms. The molecule has 0 saturated carbocycles. The summed E-state index contributed by atoms with van der Waals surface area (Å²) in [6.45, 7) is 6.61. The zero-order valence-electron chi connectivity index (χ0n) is 18.0. The molecule has 0 amide bonds. The summed E-state index contributed by atoms with van der Waals surface area (Å²) in [7, 11) is 0. The number of unbranched alkanes of at least 4 members (excludes halogenated alkanes) is 7. The van der Waals surface area contributed by atoms with Gasteiger partial charge in [0, 0.05) is 12.8 Å². The molecular formula is C24H38O4. The Morgan fingerprint density at radius 2 is 1.21 bits per heavy atom. The molecule has 158 valence electrons. The monoisotopic (exact) mass is 390 g/mol. The van der Waals surface area contributed by atoms with Crippen LogP contribution in [0.1, 0.15) is 97.8 Å². The van der Waals surface area contributed by atoms with Crippen LogP contribution in [0.25, 0.3) is 0 Å². The van der Waals surface area contributed by atoms with Crippen LogP contribution in [0.4, 0.5) is 0 Å². The van der Waals surface area contributed by atoms with Crippen LogP contribution in [0.15, 0.2) is 24.3 Å². The van der Waals surface area contributed by atoms with Crippen LogP contribution >= 0.6 is 0 Å². The van der Waals surface area contributed by atoms with Gasteiger partial charge in [0.1, 0.15) is 0 Å². The third-order valence-electron chi connectivity index (χ3n) is 4.69. The number of para-hydroxylation sites is 2. The third-order valence-corrected chi connectivity index (χ3v) is 4.69. The van der Waals surface area contributed by atoms with Crippen molar-refractivity contribution in [2.75, 3.05) is 0 Å². The Morgan fingerprint density at radius 3 is 1.71 bits per heavy atom. The van der Waals surface area contributed by atoms with Crippen LogP contribution in [-0.2, 0) is 9.59 Å². The Labute approximate surface area is 171 Å². The number of esters is 2. The first-order valence-corrected chi connectivity index (χ1v) is 11.0. The minimum Gasteiger partial charge on any atom is -0.423 e. The highest BCUT2D eigenvalue weighted by Crippen LogP contribution is 2.27. The summed E-state index contributed by atoms with van der Waals surface area (Å²) in [6, 6.07) is 6.87. The second-order valence-electron chi connectivity index (χ2n) is 7.91. The summed E-state index contributed by atoms with van der Waals surface area (Å²) in [5.41, 5.74) is 0. The van der Waals surface area contributed by atoms with Gasteiger partial charge in [0.05, 0.1) is 0 Å². The molecule has 0 bridgehead atoms. The number of carbonyl (C=O) groups excluding carboxylic acids is 2. The SMILES string of the molecule is CCCCCC(=O)Oc1ccccc1OC(=O)CCCCCCCCC(C)C. The van der Waals surface area contributed by atoms with E-state index < -0.39 is 0 Å². The van der Waals surface area contributed by atoms with Crippen molar-refractivity contribution in [1.29, 1.82) is 0 Å². The average Bonchev–Trinajstić information content (AvgIpc) is 2.65. The predicted octanol–water partition coefficient (Wildman–Crippen LogP) is 6.85. The number of ether oxygens (including phenoxy) is 2. The Balaban J connectivity index is 2.27. The van der Waals surface area contributed by atoms with E-state index in [1.54, 1.807) is 24.3 Å². The molecule has 0 saturated heterocycles. The third kappa shape index (κ3) is 11.8. The second-order valence-corrected chi connectivity index (χ2v) is 7.91. The van der Waals surface area contributed by atoms with Crippen molar-refractivity contribution < 1.29 is 19.1 Å². The number of carbonyl (C=O) groups is 2. The van der Waals surface area contributed by atoms with Crippen LogP contribution in [0.3, 0.4) is 0 Å². The van der Waals surface area contributed by atoms with Gasteiger partial charge in [0.15, 0.2) is 11.5 Å². The van der Waals surface area contributed by atoms with Crippen LogP contribution in [0.2, 0.25) is 0 Å². The Kier molecular flexibility index (Phi) is 13.1. The molecule has 4 nitrogen and oxygen atoms in total. The molecule has 1 rings (SSSR count). The van der Waals surface area contributed by atoms with E-state index in [1.807, 2.05) is 0 Å². The highest BCUT2D eigenvalue weighted by molar-refractivity contribution is 5.76. The molecule has 0 radical (unpaired) electrons. The van der Waals surface area contributed by atoms with Crippen LogP contribution < -0.4 is 9.47 Å². The summed E-state index contributed by atoms with van der Waals surface area (Å²) in [5, 5.41) is 0. The summed E-state index contributed by atoms with van der Waals surface area (Å²) in [4.78, 5) is 24.0. The molecule has 0 fully saturated rings. The maximum absolute atomic E-state index is 12.1.